The van der Waals surface area contributed by atoms with Crippen LogP contribution in [0.15, 0.2) is 60.8 Å². The molecule has 0 aliphatic heterocycles. The largest absolute Gasteiger partial charge is 0.256 e. The van der Waals surface area contributed by atoms with E-state index in [1.54, 1.807) is 0 Å². The van der Waals surface area contributed by atoms with E-state index in [0.717, 1.165) is 12.1 Å². The van der Waals surface area contributed by atoms with Gasteiger partial charge in [0.15, 0.2) is 0 Å². The summed E-state index contributed by atoms with van der Waals surface area (Å²) in [4.78, 5) is 4.60. The van der Waals surface area contributed by atoms with Gasteiger partial charge in [-0.1, -0.05) is 56.3 Å². The Morgan fingerprint density at radius 3 is 2.70 bits per heavy atom. The number of nitrogens with zero attached hydrogens (tertiary/aromatic N) is 1. The number of hydrogen-bond acceptors (Lipinski definition) is 1. The van der Waals surface area contributed by atoms with E-state index < -0.39 is 0 Å². The average molecular weight is 261 g/mol. The summed E-state index contributed by atoms with van der Waals surface area (Å²) in [6, 6.07) is 19.3. The molecule has 1 unspecified atom stereocenters. The van der Waals surface area contributed by atoms with Crippen molar-refractivity contribution in [1.29, 1.82) is 0 Å². The van der Waals surface area contributed by atoms with Crippen LogP contribution in [0.25, 0.3) is 22.0 Å². The molecule has 0 spiro atoms. The van der Waals surface area contributed by atoms with Crippen LogP contribution in [0.5, 0.6) is 0 Å². The molecule has 1 atom stereocenters. The summed E-state index contributed by atoms with van der Waals surface area (Å²) in [5.74, 6) is 0.588. The third-order valence-electron chi connectivity index (χ3n) is 4.02. The fraction of sp³-hybridized carbons (Fsp3) is 0.211. The fourth-order valence-electron chi connectivity index (χ4n) is 2.58. The minimum Gasteiger partial charge on any atom is -0.256 e. The first kappa shape index (κ1) is 12.9. The van der Waals surface area contributed by atoms with Gasteiger partial charge in [0.1, 0.15) is 0 Å². The molecule has 100 valence electrons. The van der Waals surface area contributed by atoms with Crippen molar-refractivity contribution < 1.29 is 0 Å². The van der Waals surface area contributed by atoms with Crippen LogP contribution >= 0.6 is 0 Å². The summed E-state index contributed by atoms with van der Waals surface area (Å²) in [7, 11) is 0. The molecule has 0 aliphatic carbocycles. The minimum absolute atomic E-state index is 0.588. The lowest BCUT2D eigenvalue weighted by molar-refractivity contribution is 0.734. The smallest absolute Gasteiger partial charge is 0.0780 e. The predicted molar refractivity (Wildman–Crippen MR) is 85.9 cm³/mol. The lowest BCUT2D eigenvalue weighted by Crippen LogP contribution is -1.92. The average Bonchev–Trinajstić information content (AvgIpc) is 2.53. The van der Waals surface area contributed by atoms with Crippen molar-refractivity contribution in [2.45, 2.75) is 26.2 Å². The highest BCUT2D eigenvalue weighted by Crippen LogP contribution is 2.29. The zero-order valence-electron chi connectivity index (χ0n) is 12.0. The predicted octanol–water partition coefficient (Wildman–Crippen LogP) is 5.42. The molecule has 1 nitrogen and oxygen atoms in total. The van der Waals surface area contributed by atoms with Crippen molar-refractivity contribution in [1.82, 2.24) is 4.98 Å². The van der Waals surface area contributed by atoms with E-state index in [9.17, 15) is 0 Å². The summed E-state index contributed by atoms with van der Waals surface area (Å²) >= 11 is 0. The van der Waals surface area contributed by atoms with Gasteiger partial charge in [-0.05, 0) is 35.4 Å². The van der Waals surface area contributed by atoms with Crippen LogP contribution in [0.1, 0.15) is 31.7 Å². The summed E-state index contributed by atoms with van der Waals surface area (Å²) < 4.78 is 0. The Morgan fingerprint density at radius 1 is 1.00 bits per heavy atom. The lowest BCUT2D eigenvalue weighted by Gasteiger charge is -2.11. The van der Waals surface area contributed by atoms with Crippen LogP contribution in [0.3, 0.4) is 0 Å². The molecule has 0 N–H and O–H groups in total. The van der Waals surface area contributed by atoms with Crippen LogP contribution < -0.4 is 0 Å². The molecular weight excluding hydrogens is 242 g/mol. The van der Waals surface area contributed by atoms with Crippen molar-refractivity contribution in [3.63, 3.8) is 0 Å². The van der Waals surface area contributed by atoms with Crippen molar-refractivity contribution >= 4 is 10.8 Å². The molecule has 0 saturated carbocycles. The van der Waals surface area contributed by atoms with Crippen molar-refractivity contribution in [2.24, 2.45) is 0 Å². The Hall–Kier alpha value is -2.15. The molecule has 0 fully saturated rings. The Morgan fingerprint density at radius 2 is 1.85 bits per heavy atom. The monoisotopic (exact) mass is 261 g/mol. The van der Waals surface area contributed by atoms with E-state index in [1.165, 1.54) is 21.9 Å². The SMILES string of the molecule is CCC(C)c1cccc(-c2nccc3ccccc23)c1. The second-order valence-electron chi connectivity index (χ2n) is 5.32. The van der Waals surface area contributed by atoms with Gasteiger partial charge in [-0.15, -0.1) is 0 Å². The highest BCUT2D eigenvalue weighted by atomic mass is 14.7. The Labute approximate surface area is 120 Å². The van der Waals surface area contributed by atoms with Gasteiger partial charge in [-0.25, -0.2) is 0 Å². The zero-order valence-corrected chi connectivity index (χ0v) is 12.0. The van der Waals surface area contributed by atoms with Gasteiger partial charge in [-0.3, -0.25) is 4.98 Å². The van der Waals surface area contributed by atoms with Crippen molar-refractivity contribution in [3.8, 4) is 11.3 Å². The highest BCUT2D eigenvalue weighted by molar-refractivity contribution is 5.94. The number of rotatable bonds is 3. The van der Waals surface area contributed by atoms with Crippen LogP contribution in [-0.4, -0.2) is 4.98 Å². The first-order valence-electron chi connectivity index (χ1n) is 7.23. The molecule has 3 rings (SSSR count). The molecule has 0 radical (unpaired) electrons. The molecule has 1 heteroatoms. The molecule has 0 bridgehead atoms. The maximum absolute atomic E-state index is 4.60. The van der Waals surface area contributed by atoms with E-state index in [2.05, 4.69) is 73.4 Å². The zero-order chi connectivity index (χ0) is 13.9. The molecule has 0 amide bonds. The molecular formula is C19H19N. The van der Waals surface area contributed by atoms with Crippen LogP contribution in [0, 0.1) is 0 Å². The van der Waals surface area contributed by atoms with Gasteiger partial charge in [-0.2, -0.15) is 0 Å². The minimum atomic E-state index is 0.588. The second kappa shape index (κ2) is 5.46. The van der Waals surface area contributed by atoms with Gasteiger partial charge in [0.05, 0.1) is 5.69 Å². The maximum Gasteiger partial charge on any atom is 0.0780 e. The number of hydrogen-bond donors (Lipinski definition) is 0. The third kappa shape index (κ3) is 2.32. The van der Waals surface area contributed by atoms with Gasteiger partial charge >= 0.3 is 0 Å². The number of pyridine rings is 1. The van der Waals surface area contributed by atoms with Gasteiger partial charge in [0.2, 0.25) is 0 Å². The first-order valence-corrected chi connectivity index (χ1v) is 7.23. The second-order valence-corrected chi connectivity index (χ2v) is 5.32. The Kier molecular flexibility index (Phi) is 3.51. The Balaban J connectivity index is 2.16. The maximum atomic E-state index is 4.60. The highest BCUT2D eigenvalue weighted by Gasteiger charge is 2.08. The quantitative estimate of drug-likeness (QED) is 0.614. The van der Waals surface area contributed by atoms with Crippen LogP contribution in [0.2, 0.25) is 0 Å². The summed E-state index contributed by atoms with van der Waals surface area (Å²) in [6.07, 6.45) is 3.06. The van der Waals surface area contributed by atoms with E-state index in [1.807, 2.05) is 6.20 Å². The van der Waals surface area contributed by atoms with E-state index in [-0.39, 0.29) is 0 Å². The first-order chi connectivity index (χ1) is 9.79. The summed E-state index contributed by atoms with van der Waals surface area (Å²) in [5, 5.41) is 2.46. The summed E-state index contributed by atoms with van der Waals surface area (Å²) in [6.45, 7) is 4.50. The fourth-order valence-corrected chi connectivity index (χ4v) is 2.58. The van der Waals surface area contributed by atoms with Gasteiger partial charge < -0.3 is 0 Å². The molecule has 1 heterocycles. The van der Waals surface area contributed by atoms with E-state index >= 15 is 0 Å². The number of benzene rings is 2. The molecule has 20 heavy (non-hydrogen) atoms. The standard InChI is InChI=1S/C19H19N/c1-3-14(2)16-8-6-9-17(13-16)19-18-10-5-4-7-15(18)11-12-20-19/h4-14H,3H2,1-2H3. The van der Waals surface area contributed by atoms with Gasteiger partial charge in [0, 0.05) is 17.1 Å². The number of fused-ring (bicyclic) bond motifs is 1. The van der Waals surface area contributed by atoms with Crippen molar-refractivity contribution in [3.05, 3.63) is 66.4 Å². The van der Waals surface area contributed by atoms with Crippen LogP contribution in [0.4, 0.5) is 0 Å². The molecule has 2 aromatic carbocycles. The Bertz CT molecular complexity index is 725. The third-order valence-corrected chi connectivity index (χ3v) is 4.02. The topological polar surface area (TPSA) is 12.9 Å². The van der Waals surface area contributed by atoms with Crippen molar-refractivity contribution in [2.75, 3.05) is 0 Å². The molecule has 1 aromatic heterocycles. The van der Waals surface area contributed by atoms with Crippen LogP contribution in [-0.2, 0) is 0 Å². The molecule has 3 aromatic rings. The number of aromatic nitrogens is 1. The van der Waals surface area contributed by atoms with E-state index in [0.29, 0.717) is 5.92 Å². The van der Waals surface area contributed by atoms with E-state index in [4.69, 9.17) is 0 Å². The molecule has 0 aliphatic rings. The summed E-state index contributed by atoms with van der Waals surface area (Å²) in [5.41, 5.74) is 3.67. The van der Waals surface area contributed by atoms with Gasteiger partial charge in [0.25, 0.3) is 0 Å². The normalized spacial score (nSPS) is 12.5. The molecule has 0 saturated heterocycles. The lowest BCUT2D eigenvalue weighted by atomic mass is 9.95.